The number of aromatic nitrogens is 2. The first-order valence-electron chi connectivity index (χ1n) is 7.71. The predicted octanol–water partition coefficient (Wildman–Crippen LogP) is 1.52. The molecule has 2 aromatic rings. The van der Waals surface area contributed by atoms with Gasteiger partial charge in [0, 0.05) is 31.9 Å². The number of morpholine rings is 1. The first kappa shape index (κ1) is 15.2. The molecule has 2 heterocycles. The van der Waals surface area contributed by atoms with Crippen LogP contribution in [0, 0.1) is 6.92 Å². The minimum Gasteiger partial charge on any atom is -0.393 e. The molecule has 1 fully saturated rings. The molecule has 0 spiro atoms. The number of H-pyrrole nitrogens is 1. The molecule has 5 nitrogen and oxygen atoms in total. The van der Waals surface area contributed by atoms with Gasteiger partial charge < -0.3 is 14.8 Å². The van der Waals surface area contributed by atoms with Crippen LogP contribution in [0.2, 0.25) is 0 Å². The van der Waals surface area contributed by atoms with Crippen LogP contribution in [0.5, 0.6) is 0 Å². The number of hydrogen-bond donors (Lipinski definition) is 2. The van der Waals surface area contributed by atoms with E-state index in [9.17, 15) is 5.11 Å². The number of nitrogens with zero attached hydrogens (tertiary/aromatic N) is 2. The van der Waals surface area contributed by atoms with Crippen LogP contribution >= 0.6 is 0 Å². The van der Waals surface area contributed by atoms with Crippen molar-refractivity contribution in [3.63, 3.8) is 0 Å². The van der Waals surface area contributed by atoms with Gasteiger partial charge in [-0.15, -0.1) is 0 Å². The molecule has 3 rings (SSSR count). The van der Waals surface area contributed by atoms with Crippen LogP contribution in [0.4, 0.5) is 0 Å². The smallest absolute Gasteiger partial charge is 0.120 e. The molecule has 5 heteroatoms. The van der Waals surface area contributed by atoms with E-state index in [4.69, 9.17) is 4.74 Å². The number of aryl methyl sites for hydroxylation is 1. The molecule has 1 atom stereocenters. The normalized spacial score (nSPS) is 22.8. The highest BCUT2D eigenvalue weighted by molar-refractivity contribution is 5.27. The van der Waals surface area contributed by atoms with Crippen LogP contribution in [0.1, 0.15) is 17.0 Å². The van der Waals surface area contributed by atoms with E-state index in [0.717, 1.165) is 25.3 Å². The molecule has 1 aliphatic heterocycles. The minimum atomic E-state index is -0.531. The number of nitrogens with one attached hydrogen (secondary N) is 1. The maximum absolute atomic E-state index is 9.96. The van der Waals surface area contributed by atoms with Crippen molar-refractivity contribution in [2.75, 3.05) is 26.3 Å². The summed E-state index contributed by atoms with van der Waals surface area (Å²) in [7, 11) is 0. The Labute approximate surface area is 130 Å². The molecule has 118 valence electrons. The highest BCUT2D eigenvalue weighted by Crippen LogP contribution is 2.25. The third-order valence-corrected chi connectivity index (χ3v) is 4.32. The Bertz CT molecular complexity index is 600. The van der Waals surface area contributed by atoms with Gasteiger partial charge in [0.15, 0.2) is 0 Å². The lowest BCUT2D eigenvalue weighted by atomic mass is 9.91. The average molecular weight is 301 g/mol. The first-order chi connectivity index (χ1) is 10.7. The third kappa shape index (κ3) is 3.38. The summed E-state index contributed by atoms with van der Waals surface area (Å²) in [6.45, 7) is 5.08. The van der Waals surface area contributed by atoms with E-state index in [2.05, 4.69) is 33.9 Å². The molecule has 0 bridgehead atoms. The topological polar surface area (TPSA) is 61.4 Å². The van der Waals surface area contributed by atoms with Crippen LogP contribution in [-0.2, 0) is 17.7 Å². The lowest BCUT2D eigenvalue weighted by molar-refractivity contribution is -0.134. The maximum Gasteiger partial charge on any atom is 0.120 e. The number of aliphatic hydroxyl groups is 1. The fourth-order valence-corrected chi connectivity index (χ4v) is 3.07. The molecule has 2 N–H and O–H groups in total. The second kappa shape index (κ2) is 6.60. The van der Waals surface area contributed by atoms with Crippen molar-refractivity contribution < 1.29 is 9.84 Å². The predicted molar refractivity (Wildman–Crippen MR) is 84.5 cm³/mol. The molecule has 0 amide bonds. The number of hydrogen-bond acceptors (Lipinski definition) is 4. The zero-order valence-corrected chi connectivity index (χ0v) is 13.0. The SMILES string of the molecule is Cc1ccccc1C[C@@]1(CO)CN(Cc2ncc[nH]2)CCO1. The van der Waals surface area contributed by atoms with Crippen molar-refractivity contribution in [2.45, 2.75) is 25.5 Å². The minimum absolute atomic E-state index is 0.0238. The number of imidazole rings is 1. The second-order valence-corrected chi connectivity index (χ2v) is 6.04. The van der Waals surface area contributed by atoms with E-state index in [-0.39, 0.29) is 6.61 Å². The zero-order valence-electron chi connectivity index (χ0n) is 13.0. The van der Waals surface area contributed by atoms with Crippen LogP contribution in [-0.4, -0.2) is 51.9 Å². The van der Waals surface area contributed by atoms with Gasteiger partial charge in [-0.1, -0.05) is 24.3 Å². The van der Waals surface area contributed by atoms with E-state index < -0.39 is 5.60 Å². The summed E-state index contributed by atoms with van der Waals surface area (Å²) in [5, 5.41) is 9.96. The summed E-state index contributed by atoms with van der Waals surface area (Å²) in [4.78, 5) is 9.70. The molecule has 1 aromatic carbocycles. The molecule has 1 aliphatic rings. The Morgan fingerprint density at radius 1 is 1.41 bits per heavy atom. The molecule has 1 aromatic heterocycles. The summed E-state index contributed by atoms with van der Waals surface area (Å²) < 4.78 is 6.00. The number of aliphatic hydroxyl groups excluding tert-OH is 1. The van der Waals surface area contributed by atoms with Crippen LogP contribution in [0.15, 0.2) is 36.7 Å². The van der Waals surface area contributed by atoms with Crippen LogP contribution in [0.3, 0.4) is 0 Å². The number of ether oxygens (including phenoxy) is 1. The van der Waals surface area contributed by atoms with E-state index >= 15 is 0 Å². The van der Waals surface area contributed by atoms with E-state index in [1.165, 1.54) is 11.1 Å². The Morgan fingerprint density at radius 2 is 2.27 bits per heavy atom. The van der Waals surface area contributed by atoms with Crippen molar-refractivity contribution in [3.8, 4) is 0 Å². The fourth-order valence-electron chi connectivity index (χ4n) is 3.07. The summed E-state index contributed by atoms with van der Waals surface area (Å²) in [5.41, 5.74) is 1.94. The highest BCUT2D eigenvalue weighted by Gasteiger charge is 2.36. The van der Waals surface area contributed by atoms with Gasteiger partial charge in [0.1, 0.15) is 11.4 Å². The molecule has 1 saturated heterocycles. The maximum atomic E-state index is 9.96. The van der Waals surface area contributed by atoms with Crippen molar-refractivity contribution in [3.05, 3.63) is 53.6 Å². The van der Waals surface area contributed by atoms with Crippen LogP contribution < -0.4 is 0 Å². The van der Waals surface area contributed by atoms with Crippen molar-refractivity contribution in [1.29, 1.82) is 0 Å². The number of rotatable bonds is 5. The lowest BCUT2D eigenvalue weighted by Crippen LogP contribution is -2.55. The fraction of sp³-hybridized carbons (Fsp3) is 0.471. The Kier molecular flexibility index (Phi) is 4.57. The van der Waals surface area contributed by atoms with Gasteiger partial charge in [0.05, 0.1) is 19.8 Å². The van der Waals surface area contributed by atoms with Crippen molar-refractivity contribution in [1.82, 2.24) is 14.9 Å². The quantitative estimate of drug-likeness (QED) is 0.879. The van der Waals surface area contributed by atoms with Gasteiger partial charge in [-0.05, 0) is 18.1 Å². The molecule has 0 radical (unpaired) electrons. The Morgan fingerprint density at radius 3 is 3.00 bits per heavy atom. The molecule has 0 saturated carbocycles. The van der Waals surface area contributed by atoms with Gasteiger partial charge in [0.2, 0.25) is 0 Å². The van der Waals surface area contributed by atoms with Gasteiger partial charge >= 0.3 is 0 Å². The molecular weight excluding hydrogens is 278 g/mol. The van der Waals surface area contributed by atoms with E-state index in [1.54, 1.807) is 6.20 Å². The van der Waals surface area contributed by atoms with E-state index in [0.29, 0.717) is 13.2 Å². The molecule has 0 unspecified atom stereocenters. The Hall–Kier alpha value is -1.69. The largest absolute Gasteiger partial charge is 0.393 e. The van der Waals surface area contributed by atoms with Gasteiger partial charge in [-0.2, -0.15) is 0 Å². The monoisotopic (exact) mass is 301 g/mol. The number of benzene rings is 1. The van der Waals surface area contributed by atoms with E-state index in [1.807, 2.05) is 18.3 Å². The van der Waals surface area contributed by atoms with Gasteiger partial charge in [-0.3, -0.25) is 4.90 Å². The average Bonchev–Trinajstić information content (AvgIpc) is 3.03. The molecular formula is C17H23N3O2. The summed E-state index contributed by atoms with van der Waals surface area (Å²) in [6.07, 6.45) is 4.33. The zero-order chi connectivity index (χ0) is 15.4. The summed E-state index contributed by atoms with van der Waals surface area (Å²) in [6, 6.07) is 8.29. The standard InChI is InChI=1S/C17H23N3O2/c1-14-4-2-3-5-15(14)10-17(13-21)12-20(8-9-22-17)11-16-18-6-7-19-16/h2-7,21H,8-13H2,1H3,(H,18,19)/t17-/m0/s1. The van der Waals surface area contributed by atoms with Gasteiger partial charge in [-0.25, -0.2) is 4.98 Å². The molecule has 22 heavy (non-hydrogen) atoms. The second-order valence-electron chi connectivity index (χ2n) is 6.04. The summed E-state index contributed by atoms with van der Waals surface area (Å²) in [5.74, 6) is 0.949. The molecule has 0 aliphatic carbocycles. The highest BCUT2D eigenvalue weighted by atomic mass is 16.5. The van der Waals surface area contributed by atoms with Gasteiger partial charge in [0.25, 0.3) is 0 Å². The third-order valence-electron chi connectivity index (χ3n) is 4.32. The number of aromatic amines is 1. The Balaban J connectivity index is 1.72. The van der Waals surface area contributed by atoms with Crippen molar-refractivity contribution >= 4 is 0 Å². The van der Waals surface area contributed by atoms with Crippen molar-refractivity contribution in [2.24, 2.45) is 0 Å². The summed E-state index contributed by atoms with van der Waals surface area (Å²) >= 11 is 0. The first-order valence-corrected chi connectivity index (χ1v) is 7.71. The lowest BCUT2D eigenvalue weighted by Gasteiger charge is -2.42. The van der Waals surface area contributed by atoms with Crippen LogP contribution in [0.25, 0.3) is 0 Å².